The van der Waals surface area contributed by atoms with Crippen molar-refractivity contribution in [2.45, 2.75) is 19.3 Å². The molecule has 1 heterocycles. The fourth-order valence-electron chi connectivity index (χ4n) is 2.66. The summed E-state index contributed by atoms with van der Waals surface area (Å²) in [5.74, 6) is 0.140. The Labute approximate surface area is 157 Å². The number of aromatic nitrogens is 2. The van der Waals surface area contributed by atoms with E-state index in [9.17, 15) is 4.79 Å². The van der Waals surface area contributed by atoms with Gasteiger partial charge in [-0.2, -0.15) is 5.10 Å². The Kier molecular flexibility index (Phi) is 6.59. The van der Waals surface area contributed by atoms with Crippen molar-refractivity contribution >= 4 is 41.5 Å². The lowest BCUT2D eigenvalue weighted by Crippen LogP contribution is -2.28. The van der Waals surface area contributed by atoms with E-state index in [1.54, 1.807) is 6.07 Å². The molecule has 0 aliphatic heterocycles. The lowest BCUT2D eigenvalue weighted by Gasteiger charge is -2.08. The molecule has 0 spiro atoms. The van der Waals surface area contributed by atoms with E-state index in [-0.39, 0.29) is 29.9 Å². The Balaban J connectivity index is 0.00000208. The molecule has 0 radical (unpaired) electrons. The summed E-state index contributed by atoms with van der Waals surface area (Å²) in [6.07, 6.45) is 5.04. The lowest BCUT2D eigenvalue weighted by atomic mass is 10.1. The quantitative estimate of drug-likeness (QED) is 0.246. The van der Waals surface area contributed by atoms with Gasteiger partial charge in [0, 0.05) is 18.4 Å². The summed E-state index contributed by atoms with van der Waals surface area (Å²) < 4.78 is 0. The zero-order chi connectivity index (χ0) is 16.1. The van der Waals surface area contributed by atoms with Gasteiger partial charge in [0.15, 0.2) is 5.96 Å². The van der Waals surface area contributed by atoms with Crippen molar-refractivity contribution in [1.29, 1.82) is 0 Å². The van der Waals surface area contributed by atoms with Crippen LogP contribution in [0.1, 0.15) is 28.0 Å². The number of amides is 1. The van der Waals surface area contributed by atoms with Crippen molar-refractivity contribution in [3.8, 4) is 0 Å². The molecule has 1 amide bonds. The number of carbonyl (C=O) groups is 1. The summed E-state index contributed by atoms with van der Waals surface area (Å²) in [6, 6.07) is 7.90. The van der Waals surface area contributed by atoms with Gasteiger partial charge in [-0.05, 0) is 48.6 Å². The van der Waals surface area contributed by atoms with Crippen LogP contribution in [0, 0.1) is 0 Å². The summed E-state index contributed by atoms with van der Waals surface area (Å²) in [5, 5.41) is 12.2. The van der Waals surface area contributed by atoms with Crippen molar-refractivity contribution in [3.05, 3.63) is 47.3 Å². The number of hydrogen-bond donors (Lipinski definition) is 4. The monoisotopic (exact) mass is 440 g/mol. The van der Waals surface area contributed by atoms with Gasteiger partial charge in [0.1, 0.15) is 5.69 Å². The molecule has 8 heteroatoms. The van der Waals surface area contributed by atoms with Crippen LogP contribution >= 0.6 is 24.0 Å². The van der Waals surface area contributed by atoms with E-state index in [1.165, 1.54) is 23.7 Å². The number of benzene rings is 1. The second kappa shape index (κ2) is 8.67. The van der Waals surface area contributed by atoms with Crippen LogP contribution in [0.25, 0.3) is 0 Å². The number of halogens is 1. The predicted molar refractivity (Wildman–Crippen MR) is 105 cm³/mol. The van der Waals surface area contributed by atoms with Crippen molar-refractivity contribution in [2.24, 2.45) is 10.7 Å². The summed E-state index contributed by atoms with van der Waals surface area (Å²) in [5.41, 5.74) is 10.1. The molecule has 1 aliphatic rings. The van der Waals surface area contributed by atoms with Crippen LogP contribution < -0.4 is 16.4 Å². The first kappa shape index (κ1) is 18.2. The number of hydrogen-bond acceptors (Lipinski definition) is 3. The van der Waals surface area contributed by atoms with E-state index < -0.39 is 0 Å². The molecule has 1 aromatic heterocycles. The second-order valence-corrected chi connectivity index (χ2v) is 5.46. The van der Waals surface area contributed by atoms with E-state index in [0.717, 1.165) is 18.5 Å². The minimum absolute atomic E-state index is 0. The average Bonchev–Trinajstić information content (AvgIpc) is 3.21. The largest absolute Gasteiger partial charge is 0.370 e. The maximum Gasteiger partial charge on any atom is 0.269 e. The maximum atomic E-state index is 11.7. The first-order valence-corrected chi connectivity index (χ1v) is 7.69. The summed E-state index contributed by atoms with van der Waals surface area (Å²) >= 11 is 0. The third-order valence-corrected chi connectivity index (χ3v) is 3.80. The third-order valence-electron chi connectivity index (χ3n) is 3.80. The molecule has 0 unspecified atom stereocenters. The summed E-state index contributed by atoms with van der Waals surface area (Å²) in [7, 11) is 0. The van der Waals surface area contributed by atoms with Crippen molar-refractivity contribution < 1.29 is 4.79 Å². The van der Waals surface area contributed by atoms with E-state index >= 15 is 0 Å². The molecule has 24 heavy (non-hydrogen) atoms. The highest BCUT2D eigenvalue weighted by Gasteiger charge is 2.10. The Morgan fingerprint density at radius 3 is 2.92 bits per heavy atom. The number of aliphatic imine (C=N–C) groups is 1. The van der Waals surface area contributed by atoms with Crippen LogP contribution in [-0.4, -0.2) is 35.2 Å². The zero-order valence-corrected chi connectivity index (χ0v) is 15.5. The third kappa shape index (κ3) is 4.70. The van der Waals surface area contributed by atoms with Gasteiger partial charge in [-0.15, -0.1) is 24.0 Å². The molecule has 0 fully saturated rings. The molecule has 0 saturated carbocycles. The Morgan fingerprint density at radius 2 is 2.12 bits per heavy atom. The van der Waals surface area contributed by atoms with E-state index in [4.69, 9.17) is 5.73 Å². The molecule has 0 saturated heterocycles. The first-order chi connectivity index (χ1) is 11.2. The number of nitrogens with two attached hydrogens (primary N) is 1. The zero-order valence-electron chi connectivity index (χ0n) is 13.2. The minimum Gasteiger partial charge on any atom is -0.370 e. The van der Waals surface area contributed by atoms with Gasteiger partial charge < -0.3 is 16.4 Å². The smallest absolute Gasteiger partial charge is 0.269 e. The highest BCUT2D eigenvalue weighted by Crippen LogP contribution is 2.24. The average molecular weight is 440 g/mol. The topological polar surface area (TPSA) is 108 Å². The number of H-pyrrole nitrogens is 1. The van der Waals surface area contributed by atoms with Gasteiger partial charge in [-0.1, -0.05) is 6.07 Å². The number of anilines is 1. The summed E-state index contributed by atoms with van der Waals surface area (Å²) in [4.78, 5) is 15.9. The normalized spacial score (nSPS) is 13.1. The number of nitrogens with zero attached hydrogens (tertiary/aromatic N) is 2. The first-order valence-electron chi connectivity index (χ1n) is 7.69. The molecule has 1 aromatic carbocycles. The number of rotatable bonds is 5. The van der Waals surface area contributed by atoms with Crippen LogP contribution in [0.5, 0.6) is 0 Å². The molecule has 0 atom stereocenters. The highest BCUT2D eigenvalue weighted by molar-refractivity contribution is 14.0. The summed E-state index contributed by atoms with van der Waals surface area (Å²) in [6.45, 7) is 0.814. The van der Waals surface area contributed by atoms with Crippen LogP contribution in [-0.2, 0) is 12.8 Å². The Morgan fingerprint density at radius 1 is 1.29 bits per heavy atom. The van der Waals surface area contributed by atoms with E-state index in [0.29, 0.717) is 24.7 Å². The van der Waals surface area contributed by atoms with Crippen LogP contribution in [0.15, 0.2) is 35.5 Å². The van der Waals surface area contributed by atoms with Crippen LogP contribution in [0.3, 0.4) is 0 Å². The number of guanidine groups is 1. The standard InChI is InChI=1S/C16H20N6O.HI/c17-16(19-9-8-18-15(23)14-6-7-20-22-14)21-13-5-4-11-2-1-3-12(11)10-13;/h4-7,10H,1-3,8-9H2,(H,18,23)(H,20,22)(H3,17,19,21);1H. The molecule has 2 aromatic rings. The predicted octanol–water partition coefficient (Wildman–Crippen LogP) is 1.67. The van der Waals surface area contributed by atoms with Crippen molar-refractivity contribution in [1.82, 2.24) is 15.5 Å². The molecular weight excluding hydrogens is 419 g/mol. The molecule has 1 aliphatic carbocycles. The van der Waals surface area contributed by atoms with Gasteiger partial charge in [0.05, 0.1) is 6.54 Å². The number of carbonyl (C=O) groups excluding carboxylic acids is 1. The van der Waals surface area contributed by atoms with Crippen molar-refractivity contribution in [2.75, 3.05) is 18.4 Å². The molecular formula is C16H21IN6O. The van der Waals surface area contributed by atoms with Gasteiger partial charge >= 0.3 is 0 Å². The van der Waals surface area contributed by atoms with Crippen LogP contribution in [0.2, 0.25) is 0 Å². The fourth-order valence-corrected chi connectivity index (χ4v) is 2.66. The molecule has 5 N–H and O–H groups in total. The molecule has 0 bridgehead atoms. The second-order valence-electron chi connectivity index (χ2n) is 5.46. The number of nitrogens with one attached hydrogen (secondary N) is 3. The number of aromatic amines is 1. The van der Waals surface area contributed by atoms with Gasteiger partial charge in [-0.3, -0.25) is 14.9 Å². The fraction of sp³-hybridized carbons (Fsp3) is 0.312. The number of aryl methyl sites for hydroxylation is 2. The lowest BCUT2D eigenvalue weighted by molar-refractivity contribution is 0.0950. The minimum atomic E-state index is -0.206. The highest BCUT2D eigenvalue weighted by atomic mass is 127. The Bertz CT molecular complexity index is 713. The van der Waals surface area contributed by atoms with Gasteiger partial charge in [0.25, 0.3) is 5.91 Å². The van der Waals surface area contributed by atoms with Crippen molar-refractivity contribution in [3.63, 3.8) is 0 Å². The van der Waals surface area contributed by atoms with E-state index in [1.807, 2.05) is 6.07 Å². The van der Waals surface area contributed by atoms with Gasteiger partial charge in [0.2, 0.25) is 0 Å². The Hall–Kier alpha value is -2.10. The SMILES string of the molecule is I.NC(=NCCNC(=O)c1ccn[nH]1)Nc1ccc2c(c1)CCC2. The maximum absolute atomic E-state index is 11.7. The number of fused-ring (bicyclic) bond motifs is 1. The molecule has 3 rings (SSSR count). The van der Waals surface area contributed by atoms with Gasteiger partial charge in [-0.25, -0.2) is 0 Å². The van der Waals surface area contributed by atoms with Crippen LogP contribution in [0.4, 0.5) is 5.69 Å². The molecule has 128 valence electrons. The van der Waals surface area contributed by atoms with E-state index in [2.05, 4.69) is 38.0 Å². The molecule has 7 nitrogen and oxygen atoms in total.